The van der Waals surface area contributed by atoms with Gasteiger partial charge in [0.05, 0.1) is 105 Å². The van der Waals surface area contributed by atoms with Crippen LogP contribution in [0.3, 0.4) is 0 Å². The van der Waals surface area contributed by atoms with Crippen LogP contribution in [0.1, 0.15) is 50.5 Å². The highest BCUT2D eigenvalue weighted by molar-refractivity contribution is 5.86. The van der Waals surface area contributed by atoms with E-state index in [0.29, 0.717) is 118 Å². The van der Waals surface area contributed by atoms with E-state index in [2.05, 4.69) is 59.5 Å². The van der Waals surface area contributed by atoms with Crippen LogP contribution in [0, 0.1) is 5.92 Å². The molecule has 3 amide bonds. The molecule has 1 saturated heterocycles. The lowest BCUT2D eigenvalue weighted by Gasteiger charge is -2.51. The van der Waals surface area contributed by atoms with Gasteiger partial charge in [0.25, 0.3) is 0 Å². The molecule has 14 heteroatoms. The van der Waals surface area contributed by atoms with Crippen molar-refractivity contribution in [2.75, 3.05) is 146 Å². The van der Waals surface area contributed by atoms with Crippen LogP contribution in [0.25, 0.3) is 0 Å². The van der Waals surface area contributed by atoms with Crippen molar-refractivity contribution in [1.82, 2.24) is 20.0 Å². The van der Waals surface area contributed by atoms with Crippen molar-refractivity contribution in [3.63, 3.8) is 0 Å². The van der Waals surface area contributed by atoms with E-state index in [-0.39, 0.29) is 29.6 Å². The second kappa shape index (κ2) is 25.0. The number of carbonyl (C=O) groups excluding carboxylic acids is 2. The number of nitrogens with one attached hydrogen (secondary N) is 1. The van der Waals surface area contributed by atoms with Crippen LogP contribution in [0.15, 0.2) is 30.3 Å². The highest BCUT2D eigenvalue weighted by Gasteiger charge is 2.55. The van der Waals surface area contributed by atoms with Crippen molar-refractivity contribution in [1.29, 1.82) is 0 Å². The smallest absolute Gasteiger partial charge is 0.321 e. The highest BCUT2D eigenvalue weighted by atomic mass is 16.6. The number of nitrogens with zero attached hydrogens (tertiary/aromatic N) is 3. The molecular formula is C40H68N4O10. The molecule has 1 aromatic carbocycles. The monoisotopic (exact) mass is 764 g/mol. The summed E-state index contributed by atoms with van der Waals surface area (Å²) in [6.45, 7) is 9.31. The molecule has 0 aromatic heterocycles. The van der Waals surface area contributed by atoms with Crippen molar-refractivity contribution in [2.45, 2.75) is 56.0 Å². The quantitative estimate of drug-likeness (QED) is 0.116. The normalized spacial score (nSPS) is 21.7. The maximum atomic E-state index is 13.8. The summed E-state index contributed by atoms with van der Waals surface area (Å²) in [7, 11) is 5.98. The van der Waals surface area contributed by atoms with E-state index in [9.17, 15) is 9.59 Å². The van der Waals surface area contributed by atoms with Gasteiger partial charge in [-0.2, -0.15) is 0 Å². The Hall–Kier alpha value is -2.40. The van der Waals surface area contributed by atoms with E-state index < -0.39 is 0 Å². The summed E-state index contributed by atoms with van der Waals surface area (Å²) in [5.74, 6) is 0.417. The molecule has 0 unspecified atom stereocenters. The van der Waals surface area contributed by atoms with Crippen molar-refractivity contribution in [3.8, 4) is 0 Å². The van der Waals surface area contributed by atoms with Gasteiger partial charge in [-0.15, -0.1) is 0 Å². The first-order chi connectivity index (χ1) is 26.4. The van der Waals surface area contributed by atoms with Crippen LogP contribution in [-0.2, 0) is 48.2 Å². The number of carbonyl (C=O) groups is 2. The van der Waals surface area contributed by atoms with Gasteiger partial charge < -0.3 is 53.0 Å². The van der Waals surface area contributed by atoms with Gasteiger partial charge >= 0.3 is 6.03 Å². The third-order valence-corrected chi connectivity index (χ3v) is 11.0. The molecule has 2 saturated carbocycles. The van der Waals surface area contributed by atoms with E-state index in [4.69, 9.17) is 37.9 Å². The van der Waals surface area contributed by atoms with Crippen LogP contribution >= 0.6 is 0 Å². The Kier molecular flexibility index (Phi) is 20.5. The van der Waals surface area contributed by atoms with E-state index in [1.54, 1.807) is 12.0 Å². The van der Waals surface area contributed by atoms with Crippen LogP contribution < -0.4 is 5.32 Å². The minimum atomic E-state index is -0.226. The highest BCUT2D eigenvalue weighted by Crippen LogP contribution is 2.49. The Morgan fingerprint density at radius 2 is 1.20 bits per heavy atom. The van der Waals surface area contributed by atoms with Gasteiger partial charge in [0, 0.05) is 32.3 Å². The molecule has 1 spiro atoms. The van der Waals surface area contributed by atoms with Crippen LogP contribution in [0.2, 0.25) is 0 Å². The fourth-order valence-electron chi connectivity index (χ4n) is 7.57. The molecule has 3 aliphatic rings. The molecular weight excluding hydrogens is 696 g/mol. The zero-order chi connectivity index (χ0) is 38.3. The Labute approximate surface area is 323 Å². The summed E-state index contributed by atoms with van der Waals surface area (Å²) >= 11 is 0. The second-order valence-corrected chi connectivity index (χ2v) is 14.7. The summed E-state index contributed by atoms with van der Waals surface area (Å²) in [4.78, 5) is 33.1. The fraction of sp³-hybridized carbons (Fsp3) is 0.800. The molecule has 0 atom stereocenters. The van der Waals surface area contributed by atoms with Crippen molar-refractivity contribution in [3.05, 3.63) is 35.9 Å². The summed E-state index contributed by atoms with van der Waals surface area (Å²) in [6, 6.07) is 10.8. The average molecular weight is 765 g/mol. The number of methoxy groups -OCH3 is 1. The van der Waals surface area contributed by atoms with Crippen LogP contribution in [-0.4, -0.2) is 179 Å². The molecule has 1 aromatic rings. The van der Waals surface area contributed by atoms with Gasteiger partial charge in [-0.3, -0.25) is 9.69 Å². The standard InChI is InChI=1S/C40H68N4O10/c1-42(2)40(36-10-5-4-6-11-36)14-12-39(13-15-40)34-43(38(46)44(39)32-35-8-7-9-35)33-37(45)41-16-17-48-20-21-50-24-25-52-28-29-54-31-30-53-27-26-51-23-22-49-19-18-47-3/h4-6,10-11,35H,7-9,12-34H2,1-3H3,(H,41,45). The summed E-state index contributed by atoms with van der Waals surface area (Å²) in [5.41, 5.74) is 1.06. The van der Waals surface area contributed by atoms with Gasteiger partial charge in [-0.25, -0.2) is 4.79 Å². The predicted molar refractivity (Wildman–Crippen MR) is 205 cm³/mol. The van der Waals surface area contributed by atoms with Crippen molar-refractivity contribution >= 4 is 11.9 Å². The summed E-state index contributed by atoms with van der Waals surface area (Å²) in [5, 5.41) is 2.94. The Bertz CT molecular complexity index is 1170. The third-order valence-electron chi connectivity index (χ3n) is 11.0. The number of benzene rings is 1. The molecule has 0 radical (unpaired) electrons. The Balaban J connectivity index is 0.996. The lowest BCUT2D eigenvalue weighted by molar-refractivity contribution is -0.121. The van der Waals surface area contributed by atoms with Crippen molar-refractivity contribution in [2.24, 2.45) is 5.92 Å². The molecule has 1 N–H and O–H groups in total. The van der Waals surface area contributed by atoms with Gasteiger partial charge in [0.15, 0.2) is 0 Å². The van der Waals surface area contributed by atoms with Crippen LogP contribution in [0.5, 0.6) is 0 Å². The molecule has 0 bridgehead atoms. The van der Waals surface area contributed by atoms with Crippen LogP contribution in [0.4, 0.5) is 4.79 Å². The molecule has 4 rings (SSSR count). The number of ether oxygens (including phenoxy) is 8. The first-order valence-corrected chi connectivity index (χ1v) is 20.0. The third kappa shape index (κ3) is 14.3. The van der Waals surface area contributed by atoms with E-state index in [1.807, 2.05) is 0 Å². The average Bonchev–Trinajstić information content (AvgIpc) is 3.40. The lowest BCUT2D eigenvalue weighted by atomic mass is 9.68. The minimum absolute atomic E-state index is 0.0124. The summed E-state index contributed by atoms with van der Waals surface area (Å²) in [6.07, 6.45) is 7.41. The zero-order valence-corrected chi connectivity index (χ0v) is 33.3. The Morgan fingerprint density at radius 3 is 1.65 bits per heavy atom. The first kappa shape index (κ1) is 44.3. The van der Waals surface area contributed by atoms with E-state index >= 15 is 0 Å². The first-order valence-electron chi connectivity index (χ1n) is 20.0. The molecule has 3 fully saturated rings. The number of hydrogen-bond acceptors (Lipinski definition) is 11. The topological polar surface area (TPSA) is 130 Å². The minimum Gasteiger partial charge on any atom is -0.382 e. The number of amides is 3. The van der Waals surface area contributed by atoms with Gasteiger partial charge in [-0.05, 0) is 64.1 Å². The largest absolute Gasteiger partial charge is 0.382 e. The zero-order valence-electron chi connectivity index (χ0n) is 33.3. The molecule has 2 aliphatic carbocycles. The fourth-order valence-corrected chi connectivity index (χ4v) is 7.57. The molecule has 54 heavy (non-hydrogen) atoms. The second-order valence-electron chi connectivity index (χ2n) is 14.7. The SMILES string of the molecule is COCCOCCOCCOCCOCCOCCOCCOCCNC(=O)CN1CC2(CCC(c3ccccc3)(N(C)C)CC2)N(CC2CCC2)C1=O. The molecule has 1 heterocycles. The predicted octanol–water partition coefficient (Wildman–Crippen LogP) is 3.17. The van der Waals surface area contributed by atoms with E-state index in [0.717, 1.165) is 32.2 Å². The number of hydrogen-bond donors (Lipinski definition) is 1. The van der Waals surface area contributed by atoms with Gasteiger partial charge in [-0.1, -0.05) is 36.8 Å². The lowest BCUT2D eigenvalue weighted by Crippen LogP contribution is -2.56. The summed E-state index contributed by atoms with van der Waals surface area (Å²) < 4.78 is 43.3. The Morgan fingerprint density at radius 1 is 0.722 bits per heavy atom. The maximum absolute atomic E-state index is 13.8. The maximum Gasteiger partial charge on any atom is 0.321 e. The molecule has 1 aliphatic heterocycles. The van der Waals surface area contributed by atoms with Crippen molar-refractivity contribution < 1.29 is 47.5 Å². The molecule has 14 nitrogen and oxygen atoms in total. The van der Waals surface area contributed by atoms with E-state index in [1.165, 1.54) is 24.8 Å². The van der Waals surface area contributed by atoms with Gasteiger partial charge in [0.1, 0.15) is 6.54 Å². The van der Waals surface area contributed by atoms with Gasteiger partial charge in [0.2, 0.25) is 5.91 Å². The number of urea groups is 1. The number of rotatable bonds is 30. The molecule has 308 valence electrons.